The first-order valence-electron chi connectivity index (χ1n) is 10.5. The molecule has 2 unspecified atom stereocenters. The molecule has 0 radical (unpaired) electrons. The molecule has 0 spiro atoms. The number of carbonyl (C=O) groups is 2. The van der Waals surface area contributed by atoms with Gasteiger partial charge in [-0.25, -0.2) is 4.39 Å². The van der Waals surface area contributed by atoms with Crippen molar-refractivity contribution < 1.29 is 23.5 Å². The van der Waals surface area contributed by atoms with E-state index in [1.807, 2.05) is 0 Å². The Bertz CT molecular complexity index is 820. The fourth-order valence-corrected chi connectivity index (χ4v) is 4.00. The van der Waals surface area contributed by atoms with Crippen LogP contribution in [0.2, 0.25) is 0 Å². The normalized spacial score (nSPS) is 12.9. The van der Waals surface area contributed by atoms with Crippen LogP contribution in [0.5, 0.6) is 0 Å². The number of halogens is 1. The average Bonchev–Trinajstić information content (AvgIpc) is 2.73. The quantitative estimate of drug-likeness (QED) is 0.304. The summed E-state index contributed by atoms with van der Waals surface area (Å²) in [5.74, 6) is 0.368. The van der Waals surface area contributed by atoms with E-state index in [0.29, 0.717) is 6.42 Å². The number of benzene rings is 2. The van der Waals surface area contributed by atoms with Crippen LogP contribution in [0.4, 0.5) is 4.39 Å². The van der Waals surface area contributed by atoms with Gasteiger partial charge in [0.2, 0.25) is 0 Å². The van der Waals surface area contributed by atoms with Gasteiger partial charge in [-0.1, -0.05) is 24.3 Å². The molecule has 0 aromatic heterocycles. The van der Waals surface area contributed by atoms with Crippen LogP contribution < -0.4 is 0 Å². The van der Waals surface area contributed by atoms with E-state index in [1.54, 1.807) is 37.9 Å². The Morgan fingerprint density at radius 3 is 2.16 bits per heavy atom. The Labute approximate surface area is 188 Å². The van der Waals surface area contributed by atoms with Crippen LogP contribution in [-0.4, -0.2) is 36.8 Å². The minimum atomic E-state index is -0.416. The Morgan fingerprint density at radius 2 is 1.58 bits per heavy atom. The largest absolute Gasteiger partial charge is 0.462 e. The lowest BCUT2D eigenvalue weighted by molar-refractivity contribution is -0.152. The number of rotatable bonds is 13. The van der Waals surface area contributed by atoms with E-state index in [-0.39, 0.29) is 36.5 Å². The molecular formula is C25H31FO4S. The van der Waals surface area contributed by atoms with Crippen molar-refractivity contribution in [2.75, 3.05) is 12.9 Å². The van der Waals surface area contributed by atoms with E-state index < -0.39 is 6.10 Å². The second-order valence-electron chi connectivity index (χ2n) is 7.68. The third-order valence-corrected chi connectivity index (χ3v) is 5.93. The molecule has 0 N–H and O–H groups in total. The zero-order chi connectivity index (χ0) is 22.6. The van der Waals surface area contributed by atoms with E-state index in [9.17, 15) is 14.0 Å². The predicted molar refractivity (Wildman–Crippen MR) is 122 cm³/mol. The molecule has 0 aliphatic carbocycles. The maximum atomic E-state index is 13.0. The van der Waals surface area contributed by atoms with Gasteiger partial charge in [-0.05, 0) is 68.5 Å². The fraction of sp³-hybridized carbons (Fsp3) is 0.440. The molecule has 0 heterocycles. The average molecular weight is 447 g/mol. The Kier molecular flexibility index (Phi) is 10.7. The molecule has 6 heteroatoms. The van der Waals surface area contributed by atoms with Gasteiger partial charge in [-0.15, -0.1) is 11.8 Å². The minimum absolute atomic E-state index is 0.00610. The summed E-state index contributed by atoms with van der Waals surface area (Å²) in [5.41, 5.74) is 2.38. The lowest BCUT2D eigenvalue weighted by Crippen LogP contribution is -2.24. The molecule has 2 atom stereocenters. The number of ketones is 1. The molecule has 4 nitrogen and oxygen atoms in total. The van der Waals surface area contributed by atoms with E-state index >= 15 is 0 Å². The molecule has 0 aliphatic rings. The van der Waals surface area contributed by atoms with Crippen molar-refractivity contribution in [3.05, 3.63) is 65.5 Å². The first-order chi connectivity index (χ1) is 14.9. The van der Waals surface area contributed by atoms with Gasteiger partial charge in [0.15, 0.2) is 0 Å². The fourth-order valence-electron chi connectivity index (χ4n) is 3.09. The number of thioether (sulfide) groups is 1. The molecule has 2 aromatic carbocycles. The van der Waals surface area contributed by atoms with Crippen molar-refractivity contribution in [2.45, 2.75) is 63.1 Å². The second-order valence-corrected chi connectivity index (χ2v) is 8.84. The summed E-state index contributed by atoms with van der Waals surface area (Å²) in [5, 5.41) is 0. The maximum Gasteiger partial charge on any atom is 0.308 e. The number of esters is 1. The van der Waals surface area contributed by atoms with Crippen molar-refractivity contribution >= 4 is 23.5 Å². The van der Waals surface area contributed by atoms with Gasteiger partial charge in [0, 0.05) is 24.2 Å². The van der Waals surface area contributed by atoms with E-state index in [2.05, 4.69) is 24.3 Å². The molecule has 2 rings (SSSR count). The van der Waals surface area contributed by atoms with Crippen molar-refractivity contribution in [1.29, 1.82) is 0 Å². The highest BCUT2D eigenvalue weighted by Crippen LogP contribution is 2.20. The zero-order valence-electron chi connectivity index (χ0n) is 18.4. The lowest BCUT2D eigenvalue weighted by atomic mass is 10.0. The Morgan fingerprint density at radius 1 is 0.968 bits per heavy atom. The Hall–Kier alpha value is -2.18. The highest BCUT2D eigenvalue weighted by Gasteiger charge is 2.18. The number of ether oxygens (including phenoxy) is 2. The van der Waals surface area contributed by atoms with Crippen molar-refractivity contribution in [3.63, 3.8) is 0 Å². The topological polar surface area (TPSA) is 52.6 Å². The van der Waals surface area contributed by atoms with Crippen molar-refractivity contribution in [2.24, 2.45) is 0 Å². The first kappa shape index (κ1) is 25.1. The van der Waals surface area contributed by atoms with Crippen molar-refractivity contribution in [3.8, 4) is 0 Å². The molecule has 31 heavy (non-hydrogen) atoms. The smallest absolute Gasteiger partial charge is 0.308 e. The standard InChI is InChI=1S/C25H31FO4S/c1-18(27)16-23(30-25(28)17-19(2)29-3)11-8-20-4-6-21(7-5-20)14-15-31-24-12-9-22(26)10-13-24/h4-7,9-10,12-13,19,23H,8,11,14-17H2,1-3H3. The van der Waals surface area contributed by atoms with Gasteiger partial charge in [0.25, 0.3) is 0 Å². The highest BCUT2D eigenvalue weighted by molar-refractivity contribution is 7.99. The monoisotopic (exact) mass is 446 g/mol. The third-order valence-electron chi connectivity index (χ3n) is 4.92. The predicted octanol–water partition coefficient (Wildman–Crippen LogP) is 5.41. The van der Waals surface area contributed by atoms with Crippen LogP contribution in [0.25, 0.3) is 0 Å². The SMILES string of the molecule is COC(C)CC(=O)OC(CCc1ccc(CCSc2ccc(F)cc2)cc1)CC(C)=O. The molecule has 0 saturated heterocycles. The summed E-state index contributed by atoms with van der Waals surface area (Å²) in [6.45, 7) is 3.32. The number of methoxy groups -OCH3 is 1. The number of carbonyl (C=O) groups excluding carboxylic acids is 2. The van der Waals surface area contributed by atoms with Gasteiger partial charge >= 0.3 is 5.97 Å². The molecule has 0 saturated carbocycles. The molecule has 0 amide bonds. The first-order valence-corrected chi connectivity index (χ1v) is 11.5. The van der Waals surface area contributed by atoms with Gasteiger partial charge in [0.05, 0.1) is 12.5 Å². The summed E-state index contributed by atoms with van der Waals surface area (Å²) in [6, 6.07) is 14.9. The van der Waals surface area contributed by atoms with Crippen LogP contribution >= 0.6 is 11.8 Å². The lowest BCUT2D eigenvalue weighted by Gasteiger charge is -2.18. The molecular weight excluding hydrogens is 415 g/mol. The molecule has 0 bridgehead atoms. The Balaban J connectivity index is 1.80. The number of hydrogen-bond acceptors (Lipinski definition) is 5. The van der Waals surface area contributed by atoms with Gasteiger partial charge in [-0.2, -0.15) is 0 Å². The molecule has 168 valence electrons. The third kappa shape index (κ3) is 10.1. The van der Waals surface area contributed by atoms with Gasteiger partial charge in [-0.3, -0.25) is 9.59 Å². The molecule has 0 fully saturated rings. The number of aryl methyl sites for hydroxylation is 2. The molecule has 0 aliphatic heterocycles. The van der Waals surface area contributed by atoms with Crippen LogP contribution in [0.15, 0.2) is 53.4 Å². The second kappa shape index (κ2) is 13.3. The highest BCUT2D eigenvalue weighted by atomic mass is 32.2. The van der Waals surface area contributed by atoms with Gasteiger partial charge in [0.1, 0.15) is 17.7 Å². The summed E-state index contributed by atoms with van der Waals surface area (Å²) in [7, 11) is 1.55. The van der Waals surface area contributed by atoms with Crippen LogP contribution in [0, 0.1) is 5.82 Å². The summed E-state index contributed by atoms with van der Waals surface area (Å²) in [6.07, 6.45) is 2.04. The van der Waals surface area contributed by atoms with Crippen LogP contribution in [-0.2, 0) is 31.9 Å². The zero-order valence-corrected chi connectivity index (χ0v) is 19.3. The van der Waals surface area contributed by atoms with E-state index in [0.717, 1.165) is 29.1 Å². The summed E-state index contributed by atoms with van der Waals surface area (Å²) < 4.78 is 23.6. The van der Waals surface area contributed by atoms with Crippen LogP contribution in [0.1, 0.15) is 44.2 Å². The van der Waals surface area contributed by atoms with E-state index in [4.69, 9.17) is 9.47 Å². The maximum absolute atomic E-state index is 13.0. The van der Waals surface area contributed by atoms with E-state index in [1.165, 1.54) is 24.6 Å². The minimum Gasteiger partial charge on any atom is -0.462 e. The van der Waals surface area contributed by atoms with Gasteiger partial charge < -0.3 is 9.47 Å². The molecule has 2 aromatic rings. The number of Topliss-reactive ketones (excluding diaryl/α,β-unsaturated/α-hetero) is 1. The summed E-state index contributed by atoms with van der Waals surface area (Å²) in [4.78, 5) is 24.7. The summed E-state index contributed by atoms with van der Waals surface area (Å²) >= 11 is 1.70. The van der Waals surface area contributed by atoms with Crippen molar-refractivity contribution in [1.82, 2.24) is 0 Å². The van der Waals surface area contributed by atoms with Crippen LogP contribution in [0.3, 0.4) is 0 Å². The number of hydrogen-bond donors (Lipinski definition) is 0.